The number of para-hydroxylation sites is 1. The first kappa shape index (κ1) is 24.9. The molecule has 3 heterocycles. The maximum atomic E-state index is 13.2. The molecule has 2 N–H and O–H groups in total. The zero-order valence-electron chi connectivity index (χ0n) is 20.4. The smallest absolute Gasteiger partial charge is 0.253 e. The van der Waals surface area contributed by atoms with Gasteiger partial charge < -0.3 is 15.2 Å². The lowest BCUT2D eigenvalue weighted by atomic mass is 9.96. The quantitative estimate of drug-likeness (QED) is 0.337. The van der Waals surface area contributed by atoms with E-state index in [1.807, 2.05) is 53.9 Å². The van der Waals surface area contributed by atoms with Gasteiger partial charge in [-0.25, -0.2) is 0 Å². The summed E-state index contributed by atoms with van der Waals surface area (Å²) in [6.07, 6.45) is 2.43. The lowest BCUT2D eigenvalue weighted by Gasteiger charge is -2.31. The highest BCUT2D eigenvalue weighted by Crippen LogP contribution is 2.24. The molecule has 1 atom stereocenters. The third kappa shape index (κ3) is 6.49. The zero-order chi connectivity index (χ0) is 25.5. The van der Waals surface area contributed by atoms with Gasteiger partial charge in [0, 0.05) is 13.1 Å². The molecule has 1 aliphatic heterocycles. The zero-order valence-corrected chi connectivity index (χ0v) is 21.2. The van der Waals surface area contributed by atoms with Crippen molar-refractivity contribution < 1.29 is 14.1 Å². The molecule has 0 aliphatic carbocycles. The fourth-order valence-electron chi connectivity index (χ4n) is 4.51. The van der Waals surface area contributed by atoms with E-state index in [1.54, 1.807) is 29.5 Å². The van der Waals surface area contributed by atoms with Gasteiger partial charge >= 0.3 is 0 Å². The maximum Gasteiger partial charge on any atom is 0.253 e. The van der Waals surface area contributed by atoms with Gasteiger partial charge in [-0.15, -0.1) is 11.3 Å². The molecule has 37 heavy (non-hydrogen) atoms. The monoisotopic (exact) mass is 515 g/mol. The van der Waals surface area contributed by atoms with Crippen LogP contribution >= 0.6 is 11.3 Å². The Hall–Kier alpha value is -3.82. The summed E-state index contributed by atoms with van der Waals surface area (Å²) in [5.74, 6) is 0.661. The highest BCUT2D eigenvalue weighted by Gasteiger charge is 2.28. The number of aromatic nitrogens is 2. The van der Waals surface area contributed by atoms with Crippen LogP contribution < -0.4 is 10.6 Å². The number of nitrogens with zero attached hydrogens (tertiary/aromatic N) is 3. The Balaban J connectivity index is 1.16. The van der Waals surface area contributed by atoms with Crippen LogP contribution in [0.1, 0.15) is 34.7 Å². The molecule has 0 saturated carbocycles. The van der Waals surface area contributed by atoms with Gasteiger partial charge in [-0.3, -0.25) is 14.5 Å². The summed E-state index contributed by atoms with van der Waals surface area (Å²) in [7, 11) is 0. The van der Waals surface area contributed by atoms with Crippen LogP contribution in [0, 0.1) is 5.92 Å². The molecule has 2 aromatic heterocycles. The Bertz CT molecular complexity index is 1320. The van der Waals surface area contributed by atoms with E-state index < -0.39 is 0 Å². The fraction of sp³-hybridized carbons (Fsp3) is 0.286. The van der Waals surface area contributed by atoms with Crippen LogP contribution in [0.2, 0.25) is 0 Å². The second-order valence-corrected chi connectivity index (χ2v) is 10.0. The highest BCUT2D eigenvalue weighted by atomic mass is 32.1. The molecule has 4 aromatic rings. The van der Waals surface area contributed by atoms with Crippen LogP contribution in [0.3, 0.4) is 0 Å². The lowest BCUT2D eigenvalue weighted by molar-refractivity contribution is -0.121. The van der Waals surface area contributed by atoms with Crippen molar-refractivity contribution in [2.75, 3.05) is 25.0 Å². The van der Waals surface area contributed by atoms with Gasteiger partial charge in [0.1, 0.15) is 0 Å². The summed E-state index contributed by atoms with van der Waals surface area (Å²) < 4.78 is 5.44. The Morgan fingerprint density at radius 3 is 2.73 bits per heavy atom. The van der Waals surface area contributed by atoms with Crippen LogP contribution in [0.15, 0.2) is 76.6 Å². The predicted octanol–water partition coefficient (Wildman–Crippen LogP) is 4.62. The molecule has 1 fully saturated rings. The first-order chi connectivity index (χ1) is 18.2. The summed E-state index contributed by atoms with van der Waals surface area (Å²) in [5.41, 5.74) is 2.15. The van der Waals surface area contributed by atoms with Gasteiger partial charge in [0.2, 0.25) is 17.6 Å². The van der Waals surface area contributed by atoms with Gasteiger partial charge in [0.15, 0.2) is 0 Å². The summed E-state index contributed by atoms with van der Waals surface area (Å²) >= 11 is 1.57. The van der Waals surface area contributed by atoms with E-state index in [4.69, 9.17) is 4.52 Å². The van der Waals surface area contributed by atoms with Crippen molar-refractivity contribution in [3.8, 4) is 10.7 Å². The second kappa shape index (κ2) is 11.9. The average molecular weight is 516 g/mol. The number of anilines is 1. The third-order valence-electron chi connectivity index (χ3n) is 6.42. The van der Waals surface area contributed by atoms with Crippen molar-refractivity contribution in [3.05, 3.63) is 89.1 Å². The lowest BCUT2D eigenvalue weighted by Crippen LogP contribution is -2.40. The first-order valence-corrected chi connectivity index (χ1v) is 13.3. The fourth-order valence-corrected chi connectivity index (χ4v) is 5.16. The summed E-state index contributed by atoms with van der Waals surface area (Å²) in [6.45, 7) is 2.48. The van der Waals surface area contributed by atoms with E-state index in [1.165, 1.54) is 0 Å². The molecule has 0 radical (unpaired) electrons. The number of carbonyl (C=O) groups excluding carboxylic acids is 2. The second-order valence-electron chi connectivity index (χ2n) is 9.09. The van der Waals surface area contributed by atoms with Crippen LogP contribution in [-0.4, -0.2) is 46.5 Å². The Kier molecular flexibility index (Phi) is 8.02. The number of rotatable bonds is 9. The Morgan fingerprint density at radius 2 is 1.89 bits per heavy atom. The van der Waals surface area contributed by atoms with Crippen molar-refractivity contribution in [1.82, 2.24) is 20.4 Å². The Labute approximate surface area is 219 Å². The molecule has 1 unspecified atom stereocenters. The summed E-state index contributed by atoms with van der Waals surface area (Å²) in [6, 6.07) is 21.1. The van der Waals surface area contributed by atoms with Crippen molar-refractivity contribution in [3.63, 3.8) is 0 Å². The molecule has 2 amide bonds. The number of hydrogen-bond acceptors (Lipinski definition) is 7. The molecule has 8 nitrogen and oxygen atoms in total. The minimum Gasteiger partial charge on any atom is -0.352 e. The van der Waals surface area contributed by atoms with Gasteiger partial charge in [-0.1, -0.05) is 53.7 Å². The third-order valence-corrected chi connectivity index (χ3v) is 7.28. The summed E-state index contributed by atoms with van der Waals surface area (Å²) in [4.78, 5) is 33.7. The minimum atomic E-state index is -0.199. The van der Waals surface area contributed by atoms with E-state index in [2.05, 4.69) is 25.7 Å². The number of carbonyl (C=O) groups is 2. The molecule has 0 bridgehead atoms. The maximum absolute atomic E-state index is 13.2. The highest BCUT2D eigenvalue weighted by molar-refractivity contribution is 7.13. The molecule has 1 saturated heterocycles. The van der Waals surface area contributed by atoms with Gasteiger partial charge in [0.05, 0.1) is 28.6 Å². The van der Waals surface area contributed by atoms with Crippen LogP contribution in [0.25, 0.3) is 10.7 Å². The van der Waals surface area contributed by atoms with Gasteiger partial charge in [-0.2, -0.15) is 4.98 Å². The summed E-state index contributed by atoms with van der Waals surface area (Å²) in [5, 5.41) is 12.0. The molecule has 0 spiro atoms. The van der Waals surface area contributed by atoms with Crippen LogP contribution in [-0.2, 0) is 17.8 Å². The number of thiophene rings is 1. The SMILES string of the molecule is O=C(NCCc1ccccc1)c1ccccc1NC(=O)C1CCCN(Cc2nc(-c3cccs3)no2)C1. The number of amides is 2. The minimum absolute atomic E-state index is 0.0842. The van der Waals surface area contributed by atoms with Gasteiger partial charge in [0.25, 0.3) is 5.91 Å². The number of likely N-dealkylation sites (tertiary alicyclic amines) is 1. The van der Waals surface area contributed by atoms with Crippen molar-refractivity contribution >= 4 is 28.8 Å². The van der Waals surface area contributed by atoms with Gasteiger partial charge in [-0.05, 0) is 54.9 Å². The van der Waals surface area contributed by atoms with E-state index in [0.717, 1.165) is 36.2 Å². The number of piperidine rings is 1. The van der Waals surface area contributed by atoms with Crippen LogP contribution in [0.4, 0.5) is 5.69 Å². The molecule has 5 rings (SSSR count). The largest absolute Gasteiger partial charge is 0.352 e. The van der Waals surface area contributed by atoms with Crippen LogP contribution in [0.5, 0.6) is 0 Å². The normalized spacial score (nSPS) is 15.8. The number of hydrogen-bond donors (Lipinski definition) is 2. The van der Waals surface area contributed by atoms with E-state index >= 15 is 0 Å². The van der Waals surface area contributed by atoms with E-state index in [0.29, 0.717) is 42.6 Å². The van der Waals surface area contributed by atoms with Crippen molar-refractivity contribution in [1.29, 1.82) is 0 Å². The molecular weight excluding hydrogens is 486 g/mol. The molecule has 190 valence electrons. The standard InChI is InChI=1S/C28H29N5O3S/c34-27(21-10-6-16-33(18-21)19-25-31-26(32-36-25)24-13-7-17-37-24)30-23-12-5-4-11-22(23)28(35)29-15-14-20-8-2-1-3-9-20/h1-5,7-9,11-13,17,21H,6,10,14-16,18-19H2,(H,29,35)(H,30,34). The van der Waals surface area contributed by atoms with Crippen molar-refractivity contribution in [2.45, 2.75) is 25.8 Å². The molecule has 9 heteroatoms. The average Bonchev–Trinajstić information content (AvgIpc) is 3.62. The van der Waals surface area contributed by atoms with Crippen molar-refractivity contribution in [2.24, 2.45) is 5.92 Å². The predicted molar refractivity (Wildman–Crippen MR) is 143 cm³/mol. The number of benzene rings is 2. The molecule has 1 aliphatic rings. The molecule has 2 aromatic carbocycles. The Morgan fingerprint density at radius 1 is 1.05 bits per heavy atom. The van der Waals surface area contributed by atoms with E-state index in [9.17, 15) is 9.59 Å². The number of nitrogens with one attached hydrogen (secondary N) is 2. The first-order valence-electron chi connectivity index (χ1n) is 12.5. The molecular formula is C28H29N5O3S. The topological polar surface area (TPSA) is 100 Å². The van der Waals surface area contributed by atoms with E-state index in [-0.39, 0.29) is 17.7 Å².